The summed E-state index contributed by atoms with van der Waals surface area (Å²) in [5.74, 6) is -0.219. The van der Waals surface area contributed by atoms with Crippen molar-refractivity contribution in [3.8, 4) is 0 Å². The van der Waals surface area contributed by atoms with Crippen LogP contribution < -0.4 is 0 Å². The van der Waals surface area contributed by atoms with Gasteiger partial charge < -0.3 is 9.64 Å². The van der Waals surface area contributed by atoms with Crippen molar-refractivity contribution in [3.63, 3.8) is 0 Å². The summed E-state index contributed by atoms with van der Waals surface area (Å²) in [7, 11) is 0. The topological polar surface area (TPSA) is 46.6 Å². The van der Waals surface area contributed by atoms with Crippen LogP contribution in [-0.2, 0) is 14.3 Å². The van der Waals surface area contributed by atoms with Crippen molar-refractivity contribution in [2.24, 2.45) is 0 Å². The number of carbonyl (C=O) groups is 2. The second kappa shape index (κ2) is 6.40. The monoisotopic (exact) mass is 269 g/mol. The molecule has 1 aliphatic heterocycles. The Morgan fingerprint density at radius 1 is 1.11 bits per heavy atom. The quantitative estimate of drug-likeness (QED) is 0.740. The molecule has 19 heavy (non-hydrogen) atoms. The molecule has 1 fully saturated rings. The molecule has 1 saturated heterocycles. The van der Waals surface area contributed by atoms with E-state index >= 15 is 0 Å². The Bertz CT molecular complexity index is 323. The van der Waals surface area contributed by atoms with Gasteiger partial charge in [0.25, 0.3) is 0 Å². The van der Waals surface area contributed by atoms with Gasteiger partial charge in [-0.25, -0.2) is 0 Å². The number of nitrogens with zero attached hydrogens (tertiary/aromatic N) is 1. The molecule has 0 N–H and O–H groups in total. The highest BCUT2D eigenvalue weighted by Crippen LogP contribution is 2.23. The first-order valence-electron chi connectivity index (χ1n) is 7.23. The Labute approximate surface area is 116 Å². The van der Waals surface area contributed by atoms with Crippen LogP contribution in [0.3, 0.4) is 0 Å². The summed E-state index contributed by atoms with van der Waals surface area (Å²) in [5, 5.41) is 0. The van der Waals surface area contributed by atoms with Gasteiger partial charge in [-0.1, -0.05) is 0 Å². The van der Waals surface area contributed by atoms with Gasteiger partial charge >= 0.3 is 5.97 Å². The van der Waals surface area contributed by atoms with E-state index in [-0.39, 0.29) is 36.8 Å². The van der Waals surface area contributed by atoms with Gasteiger partial charge in [0.2, 0.25) is 5.91 Å². The Kier molecular flexibility index (Phi) is 5.39. The zero-order chi connectivity index (χ0) is 14.6. The molecule has 4 heteroatoms. The van der Waals surface area contributed by atoms with Crippen LogP contribution >= 0.6 is 0 Å². The minimum Gasteiger partial charge on any atom is -0.460 e. The van der Waals surface area contributed by atoms with Gasteiger partial charge in [-0.2, -0.15) is 0 Å². The number of likely N-dealkylation sites (tertiary alicyclic amines) is 1. The van der Waals surface area contributed by atoms with E-state index in [4.69, 9.17) is 4.74 Å². The van der Waals surface area contributed by atoms with E-state index in [9.17, 15) is 9.59 Å². The first-order valence-corrected chi connectivity index (χ1v) is 7.23. The lowest BCUT2D eigenvalue weighted by molar-refractivity contribution is -0.157. The molecule has 0 radical (unpaired) electrons. The van der Waals surface area contributed by atoms with Gasteiger partial charge in [0.05, 0.1) is 6.42 Å². The first-order chi connectivity index (χ1) is 8.70. The number of piperidine rings is 1. The van der Waals surface area contributed by atoms with Gasteiger partial charge in [0, 0.05) is 18.5 Å². The maximum Gasteiger partial charge on any atom is 0.306 e. The molecule has 1 aliphatic rings. The summed E-state index contributed by atoms with van der Waals surface area (Å²) in [6.45, 7) is 9.67. The molecule has 1 amide bonds. The summed E-state index contributed by atoms with van der Waals surface area (Å²) in [6, 6.07) is 0.574. The average molecular weight is 269 g/mol. The minimum absolute atomic E-state index is 0.0746. The van der Waals surface area contributed by atoms with Gasteiger partial charge in [-0.15, -0.1) is 0 Å². The average Bonchev–Trinajstić information content (AvgIpc) is 2.23. The van der Waals surface area contributed by atoms with Crippen LogP contribution in [0.2, 0.25) is 0 Å². The highest BCUT2D eigenvalue weighted by Gasteiger charge is 2.29. The third-order valence-corrected chi connectivity index (χ3v) is 3.44. The SMILES string of the molecule is C[C@@H]1CCC[C@H](C)N1C(=O)CCC(=O)OC(C)(C)C. The molecule has 0 aromatic carbocycles. The molecule has 110 valence electrons. The Morgan fingerprint density at radius 3 is 2.11 bits per heavy atom. The van der Waals surface area contributed by atoms with Crippen LogP contribution in [0.25, 0.3) is 0 Å². The van der Waals surface area contributed by atoms with Crippen molar-refractivity contribution < 1.29 is 14.3 Å². The fourth-order valence-corrected chi connectivity index (χ4v) is 2.64. The van der Waals surface area contributed by atoms with E-state index in [1.807, 2.05) is 25.7 Å². The molecule has 4 nitrogen and oxygen atoms in total. The predicted molar refractivity (Wildman–Crippen MR) is 74.7 cm³/mol. The summed E-state index contributed by atoms with van der Waals surface area (Å²) in [6.07, 6.45) is 3.72. The second-order valence-electron chi connectivity index (χ2n) is 6.52. The van der Waals surface area contributed by atoms with Crippen molar-refractivity contribution in [1.82, 2.24) is 4.90 Å². The zero-order valence-corrected chi connectivity index (χ0v) is 12.9. The lowest BCUT2D eigenvalue weighted by Gasteiger charge is -2.39. The van der Waals surface area contributed by atoms with E-state index in [0.717, 1.165) is 12.8 Å². The van der Waals surface area contributed by atoms with E-state index < -0.39 is 5.60 Å². The van der Waals surface area contributed by atoms with Crippen molar-refractivity contribution in [3.05, 3.63) is 0 Å². The predicted octanol–water partition coefficient (Wildman–Crippen LogP) is 2.90. The van der Waals surface area contributed by atoms with Crippen molar-refractivity contribution in [2.45, 2.75) is 84.4 Å². The molecule has 0 saturated carbocycles. The molecule has 0 aliphatic carbocycles. The fourth-order valence-electron chi connectivity index (χ4n) is 2.64. The summed E-state index contributed by atoms with van der Waals surface area (Å²) in [5.41, 5.74) is -0.480. The Balaban J connectivity index is 2.44. The van der Waals surface area contributed by atoms with Crippen LogP contribution in [0, 0.1) is 0 Å². The number of hydrogen-bond acceptors (Lipinski definition) is 3. The number of rotatable bonds is 3. The Morgan fingerprint density at radius 2 is 1.63 bits per heavy atom. The molecule has 0 aromatic rings. The van der Waals surface area contributed by atoms with Crippen LogP contribution in [-0.4, -0.2) is 34.5 Å². The lowest BCUT2D eigenvalue weighted by atomic mass is 9.97. The largest absolute Gasteiger partial charge is 0.460 e. The van der Waals surface area contributed by atoms with Gasteiger partial charge in [0.1, 0.15) is 5.60 Å². The smallest absolute Gasteiger partial charge is 0.306 e. The molecule has 0 spiro atoms. The summed E-state index contributed by atoms with van der Waals surface area (Å²) in [4.78, 5) is 25.8. The van der Waals surface area contributed by atoms with Gasteiger partial charge in [-0.05, 0) is 53.9 Å². The zero-order valence-electron chi connectivity index (χ0n) is 12.9. The highest BCUT2D eigenvalue weighted by atomic mass is 16.6. The molecule has 0 aromatic heterocycles. The third-order valence-electron chi connectivity index (χ3n) is 3.44. The van der Waals surface area contributed by atoms with E-state index in [1.165, 1.54) is 6.42 Å². The number of ether oxygens (including phenoxy) is 1. The maximum atomic E-state index is 12.2. The molecule has 2 atom stereocenters. The molecular formula is C15H27NO3. The van der Waals surface area contributed by atoms with Crippen molar-refractivity contribution in [1.29, 1.82) is 0 Å². The molecule has 0 bridgehead atoms. The molecular weight excluding hydrogens is 242 g/mol. The first kappa shape index (κ1) is 16.0. The maximum absolute atomic E-state index is 12.2. The molecule has 1 rings (SSSR count). The summed E-state index contributed by atoms with van der Waals surface area (Å²) < 4.78 is 5.22. The Hall–Kier alpha value is -1.06. The second-order valence-corrected chi connectivity index (χ2v) is 6.52. The number of esters is 1. The van der Waals surface area contributed by atoms with Crippen LogP contribution in [0.5, 0.6) is 0 Å². The van der Waals surface area contributed by atoms with E-state index in [0.29, 0.717) is 0 Å². The standard InChI is InChI=1S/C15H27NO3/c1-11-7-6-8-12(2)16(11)13(17)9-10-14(18)19-15(3,4)5/h11-12H,6-10H2,1-5H3/t11-,12+. The van der Waals surface area contributed by atoms with E-state index in [1.54, 1.807) is 0 Å². The highest BCUT2D eigenvalue weighted by molar-refractivity contribution is 5.82. The fraction of sp³-hybridized carbons (Fsp3) is 0.867. The minimum atomic E-state index is -0.480. The third kappa shape index (κ3) is 5.21. The lowest BCUT2D eigenvalue weighted by Crippen LogP contribution is -2.47. The number of hydrogen-bond donors (Lipinski definition) is 0. The number of amides is 1. The van der Waals surface area contributed by atoms with Gasteiger partial charge in [0.15, 0.2) is 0 Å². The normalized spacial score (nSPS) is 24.2. The van der Waals surface area contributed by atoms with Crippen LogP contribution in [0.4, 0.5) is 0 Å². The van der Waals surface area contributed by atoms with Crippen LogP contribution in [0.15, 0.2) is 0 Å². The molecule has 1 heterocycles. The summed E-state index contributed by atoms with van der Waals surface area (Å²) >= 11 is 0. The van der Waals surface area contributed by atoms with Crippen molar-refractivity contribution in [2.75, 3.05) is 0 Å². The van der Waals surface area contributed by atoms with Crippen LogP contribution in [0.1, 0.15) is 66.7 Å². The molecule has 0 unspecified atom stereocenters. The van der Waals surface area contributed by atoms with Crippen molar-refractivity contribution >= 4 is 11.9 Å². The van der Waals surface area contributed by atoms with Gasteiger partial charge in [-0.3, -0.25) is 9.59 Å². The number of carbonyl (C=O) groups excluding carboxylic acids is 2. The van der Waals surface area contributed by atoms with E-state index in [2.05, 4.69) is 13.8 Å².